The molecular formula is C18H24N4O2S. The Bertz CT molecular complexity index is 699. The van der Waals surface area contributed by atoms with E-state index in [1.807, 2.05) is 0 Å². The maximum Gasteiger partial charge on any atom is 0.226 e. The lowest BCUT2D eigenvalue weighted by Crippen LogP contribution is -2.40. The molecule has 3 rings (SSSR count). The van der Waals surface area contributed by atoms with E-state index < -0.39 is 0 Å². The minimum absolute atomic E-state index is 0.0372. The molecule has 2 N–H and O–H groups in total. The number of carbonyl (C=O) groups excluding carboxylic acids is 2. The largest absolute Gasteiger partial charge is 0.359 e. The van der Waals surface area contributed by atoms with Crippen LogP contribution >= 0.6 is 11.3 Å². The van der Waals surface area contributed by atoms with Crippen molar-refractivity contribution in [2.75, 3.05) is 32.0 Å². The van der Waals surface area contributed by atoms with E-state index in [2.05, 4.69) is 21.6 Å². The van der Waals surface area contributed by atoms with E-state index >= 15 is 0 Å². The molecule has 0 aromatic carbocycles. The molecule has 6 nitrogen and oxygen atoms in total. The average molecular weight is 360 g/mol. The van der Waals surface area contributed by atoms with Gasteiger partial charge in [0.25, 0.3) is 0 Å². The van der Waals surface area contributed by atoms with Gasteiger partial charge in [-0.05, 0) is 50.8 Å². The fourth-order valence-corrected chi connectivity index (χ4v) is 4.94. The first kappa shape index (κ1) is 17.9. The van der Waals surface area contributed by atoms with Gasteiger partial charge in [-0.2, -0.15) is 5.26 Å². The lowest BCUT2D eigenvalue weighted by atomic mass is 9.96. The van der Waals surface area contributed by atoms with Crippen LogP contribution in [0.1, 0.15) is 41.7 Å². The Balaban J connectivity index is 1.47. The fourth-order valence-electron chi connectivity index (χ4n) is 3.68. The standard InChI is InChI=1S/C18H24N4O2S/c1-20-17(24)12-5-8-22(9-6-12)10-7-16(23)21-18-14(11-19)13-3-2-4-15(13)25-18/h12H,2-10H2,1H3,(H,20,24)(H,21,23). The van der Waals surface area contributed by atoms with Crippen molar-refractivity contribution < 1.29 is 9.59 Å². The van der Waals surface area contributed by atoms with E-state index in [-0.39, 0.29) is 17.7 Å². The number of hydrogen-bond donors (Lipinski definition) is 2. The number of nitrogens with zero attached hydrogens (tertiary/aromatic N) is 2. The van der Waals surface area contributed by atoms with Gasteiger partial charge in [-0.1, -0.05) is 0 Å². The van der Waals surface area contributed by atoms with E-state index in [1.54, 1.807) is 18.4 Å². The summed E-state index contributed by atoms with van der Waals surface area (Å²) in [4.78, 5) is 27.4. The highest BCUT2D eigenvalue weighted by molar-refractivity contribution is 7.16. The molecule has 0 bridgehead atoms. The topological polar surface area (TPSA) is 85.2 Å². The van der Waals surface area contributed by atoms with Crippen LogP contribution in [0.4, 0.5) is 5.00 Å². The van der Waals surface area contributed by atoms with Crippen LogP contribution in [0.2, 0.25) is 0 Å². The summed E-state index contributed by atoms with van der Waals surface area (Å²) in [6.07, 6.45) is 5.18. The fraction of sp³-hybridized carbons (Fsp3) is 0.611. The Kier molecular flexibility index (Phi) is 5.71. The number of amides is 2. The molecule has 1 aliphatic carbocycles. The molecule has 2 amide bonds. The Hall–Kier alpha value is -1.91. The van der Waals surface area contributed by atoms with Gasteiger partial charge in [0.15, 0.2) is 0 Å². The van der Waals surface area contributed by atoms with Gasteiger partial charge in [0.05, 0.1) is 5.56 Å². The second kappa shape index (κ2) is 7.98. The molecule has 7 heteroatoms. The molecule has 0 unspecified atom stereocenters. The van der Waals surface area contributed by atoms with Crippen LogP contribution in [0, 0.1) is 17.2 Å². The smallest absolute Gasteiger partial charge is 0.226 e. The average Bonchev–Trinajstić information content (AvgIpc) is 3.20. The number of rotatable bonds is 5. The van der Waals surface area contributed by atoms with Gasteiger partial charge in [-0.3, -0.25) is 9.59 Å². The van der Waals surface area contributed by atoms with Crippen molar-refractivity contribution in [3.8, 4) is 6.07 Å². The van der Waals surface area contributed by atoms with Crippen LogP contribution in [0.15, 0.2) is 0 Å². The lowest BCUT2D eigenvalue weighted by molar-refractivity contribution is -0.126. The second-order valence-corrected chi connectivity index (χ2v) is 7.81. The Morgan fingerprint density at radius 2 is 2.08 bits per heavy atom. The normalized spacial score (nSPS) is 17.8. The molecule has 1 aliphatic heterocycles. The summed E-state index contributed by atoms with van der Waals surface area (Å²) >= 11 is 1.56. The molecule has 0 radical (unpaired) electrons. The number of piperidine rings is 1. The summed E-state index contributed by atoms with van der Waals surface area (Å²) in [5.74, 6) is 0.179. The summed E-state index contributed by atoms with van der Waals surface area (Å²) in [5.41, 5.74) is 1.80. The predicted octanol–water partition coefficient (Wildman–Crippen LogP) is 1.90. The Morgan fingerprint density at radius 3 is 2.76 bits per heavy atom. The maximum absolute atomic E-state index is 12.3. The highest BCUT2D eigenvalue weighted by Gasteiger charge is 2.25. The molecule has 1 aromatic heterocycles. The van der Waals surface area contributed by atoms with Crippen LogP contribution in [0.5, 0.6) is 0 Å². The maximum atomic E-state index is 12.3. The molecule has 25 heavy (non-hydrogen) atoms. The first-order valence-electron chi connectivity index (χ1n) is 8.90. The third kappa shape index (κ3) is 4.02. The Labute approximate surface area is 152 Å². The van der Waals surface area contributed by atoms with Crippen molar-refractivity contribution in [1.82, 2.24) is 10.2 Å². The predicted molar refractivity (Wildman–Crippen MR) is 97.5 cm³/mol. The summed E-state index contributed by atoms with van der Waals surface area (Å²) in [7, 11) is 1.68. The highest BCUT2D eigenvalue weighted by atomic mass is 32.1. The van der Waals surface area contributed by atoms with Crippen molar-refractivity contribution in [1.29, 1.82) is 5.26 Å². The zero-order valence-corrected chi connectivity index (χ0v) is 15.4. The quantitative estimate of drug-likeness (QED) is 0.840. The summed E-state index contributed by atoms with van der Waals surface area (Å²) < 4.78 is 0. The third-order valence-corrected chi connectivity index (χ3v) is 6.35. The number of carbonyl (C=O) groups is 2. The number of fused-ring (bicyclic) bond motifs is 1. The molecule has 0 atom stereocenters. The van der Waals surface area contributed by atoms with Gasteiger partial charge in [-0.25, -0.2) is 0 Å². The zero-order valence-electron chi connectivity index (χ0n) is 14.6. The van der Waals surface area contributed by atoms with Crippen LogP contribution in [0.25, 0.3) is 0 Å². The number of anilines is 1. The summed E-state index contributed by atoms with van der Waals surface area (Å²) in [6.45, 7) is 2.39. The van der Waals surface area contributed by atoms with Crippen molar-refractivity contribution in [3.63, 3.8) is 0 Å². The summed E-state index contributed by atoms with van der Waals surface area (Å²) in [6, 6.07) is 2.26. The van der Waals surface area contributed by atoms with Gasteiger partial charge in [0, 0.05) is 30.8 Å². The molecule has 1 fully saturated rings. The highest BCUT2D eigenvalue weighted by Crippen LogP contribution is 2.38. The molecule has 1 saturated heterocycles. The van der Waals surface area contributed by atoms with Crippen molar-refractivity contribution >= 4 is 28.2 Å². The minimum atomic E-state index is -0.0372. The molecule has 2 aliphatic rings. The van der Waals surface area contributed by atoms with Crippen molar-refractivity contribution in [2.45, 2.75) is 38.5 Å². The third-order valence-electron chi connectivity index (χ3n) is 5.15. The zero-order chi connectivity index (χ0) is 17.8. The number of hydrogen-bond acceptors (Lipinski definition) is 5. The van der Waals surface area contributed by atoms with Gasteiger partial charge in [0.2, 0.25) is 11.8 Å². The first-order chi connectivity index (χ1) is 12.1. The van der Waals surface area contributed by atoms with Gasteiger partial charge in [0.1, 0.15) is 11.1 Å². The second-order valence-electron chi connectivity index (χ2n) is 6.70. The minimum Gasteiger partial charge on any atom is -0.359 e. The van der Waals surface area contributed by atoms with E-state index in [0.29, 0.717) is 18.5 Å². The molecule has 1 aromatic rings. The number of nitrogens with one attached hydrogen (secondary N) is 2. The first-order valence-corrected chi connectivity index (χ1v) is 9.72. The van der Waals surface area contributed by atoms with Gasteiger partial charge in [-0.15, -0.1) is 11.3 Å². The van der Waals surface area contributed by atoms with Crippen LogP contribution < -0.4 is 10.6 Å². The number of aryl methyl sites for hydroxylation is 1. The van der Waals surface area contributed by atoms with Gasteiger partial charge >= 0.3 is 0 Å². The molecular weight excluding hydrogens is 336 g/mol. The number of thiophene rings is 1. The number of likely N-dealkylation sites (tertiary alicyclic amines) is 1. The number of nitriles is 1. The monoisotopic (exact) mass is 360 g/mol. The van der Waals surface area contributed by atoms with E-state index in [1.165, 1.54) is 4.88 Å². The SMILES string of the molecule is CNC(=O)C1CCN(CCC(=O)Nc2sc3c(c2C#N)CCC3)CC1. The van der Waals surface area contributed by atoms with E-state index in [4.69, 9.17) is 0 Å². The molecule has 2 heterocycles. The molecule has 0 saturated carbocycles. The van der Waals surface area contributed by atoms with Crippen LogP contribution in [-0.2, 0) is 22.4 Å². The molecule has 0 spiro atoms. The lowest BCUT2D eigenvalue weighted by Gasteiger charge is -2.30. The van der Waals surface area contributed by atoms with E-state index in [9.17, 15) is 14.9 Å². The molecule has 134 valence electrons. The van der Waals surface area contributed by atoms with Gasteiger partial charge < -0.3 is 15.5 Å². The van der Waals surface area contributed by atoms with Crippen LogP contribution in [-0.4, -0.2) is 43.4 Å². The Morgan fingerprint density at radius 1 is 1.32 bits per heavy atom. The van der Waals surface area contributed by atoms with Crippen molar-refractivity contribution in [2.24, 2.45) is 5.92 Å². The van der Waals surface area contributed by atoms with E-state index in [0.717, 1.165) is 55.8 Å². The van der Waals surface area contributed by atoms with Crippen molar-refractivity contribution in [3.05, 3.63) is 16.0 Å². The summed E-state index contributed by atoms with van der Waals surface area (Å²) in [5, 5.41) is 15.7. The van der Waals surface area contributed by atoms with Crippen LogP contribution in [0.3, 0.4) is 0 Å².